The Balaban J connectivity index is 2.34. The molecule has 0 aliphatic carbocycles. The molecule has 0 aliphatic heterocycles. The van der Waals surface area contributed by atoms with Crippen LogP contribution < -0.4 is 10.1 Å². The highest BCUT2D eigenvalue weighted by Gasteiger charge is 2.31. The topological polar surface area (TPSA) is 62.2 Å². The van der Waals surface area contributed by atoms with Crippen LogP contribution in [-0.4, -0.2) is 18.0 Å². The first kappa shape index (κ1) is 19.5. The number of Topliss-reactive ketones (excluding diaryl/α,β-unsaturated/α-hetero) is 1. The first-order chi connectivity index (χ1) is 12.1. The molecule has 2 aromatic carbocycles. The molecule has 0 heterocycles. The van der Waals surface area contributed by atoms with Crippen LogP contribution in [0.5, 0.6) is 5.75 Å². The predicted octanol–water partition coefficient (Wildman–Crippen LogP) is 4.86. The molecule has 1 unspecified atom stereocenters. The number of carbonyl (C=O) groups is 1. The number of carbonyl (C=O) groups excluding carboxylic acids is 1. The van der Waals surface area contributed by atoms with E-state index in [9.17, 15) is 18.0 Å². The lowest BCUT2D eigenvalue weighted by Crippen LogP contribution is -2.27. The van der Waals surface area contributed by atoms with Crippen LogP contribution in [0.15, 0.2) is 48.5 Å². The quantitative estimate of drug-likeness (QED) is 0.568. The van der Waals surface area contributed by atoms with Crippen LogP contribution >= 0.6 is 0 Å². The summed E-state index contributed by atoms with van der Waals surface area (Å²) < 4.78 is 41.2. The van der Waals surface area contributed by atoms with Crippen molar-refractivity contribution >= 4 is 11.6 Å². The van der Waals surface area contributed by atoms with E-state index in [1.54, 1.807) is 31.2 Å². The average molecular weight is 364 g/mol. The average Bonchev–Trinajstić information content (AvgIpc) is 2.52. The summed E-state index contributed by atoms with van der Waals surface area (Å²) in [5, 5.41) is 10.5. The van der Waals surface area contributed by atoms with E-state index in [1.807, 2.05) is 6.07 Å². The lowest BCUT2D eigenvalue weighted by Gasteiger charge is -2.19. The molecule has 0 aromatic heterocycles. The van der Waals surface area contributed by atoms with E-state index in [0.717, 1.165) is 5.56 Å². The summed E-state index contributed by atoms with van der Waals surface area (Å²) in [5.74, 6) is -0.105. The van der Waals surface area contributed by atoms with Crippen molar-refractivity contribution in [2.75, 3.05) is 0 Å². The van der Waals surface area contributed by atoms with Gasteiger partial charge < -0.3 is 10.1 Å². The molecule has 2 rings (SSSR count). The molecule has 4 nitrogen and oxygen atoms in total. The van der Waals surface area contributed by atoms with E-state index in [1.165, 1.54) is 25.1 Å². The maximum Gasteiger partial charge on any atom is 0.573 e. The smallest absolute Gasteiger partial charge is 0.406 e. The minimum absolute atomic E-state index is 0.0327. The van der Waals surface area contributed by atoms with Gasteiger partial charge in [-0.3, -0.25) is 10.2 Å². The molecule has 2 N–H and O–H groups in total. The van der Waals surface area contributed by atoms with Gasteiger partial charge in [-0.2, -0.15) is 0 Å². The minimum Gasteiger partial charge on any atom is -0.406 e. The highest BCUT2D eigenvalue weighted by atomic mass is 19.4. The lowest BCUT2D eigenvalue weighted by molar-refractivity contribution is -0.274. The monoisotopic (exact) mass is 364 g/mol. The molecule has 0 aliphatic rings. The number of ether oxygens (including phenoxy) is 1. The van der Waals surface area contributed by atoms with Crippen LogP contribution in [0.25, 0.3) is 11.1 Å². The normalized spacial score (nSPS) is 12.3. The molecule has 0 amide bonds. The van der Waals surface area contributed by atoms with Gasteiger partial charge in [-0.1, -0.05) is 30.3 Å². The van der Waals surface area contributed by atoms with Gasteiger partial charge in [-0.05, 0) is 48.7 Å². The fourth-order valence-corrected chi connectivity index (χ4v) is 2.61. The van der Waals surface area contributed by atoms with Gasteiger partial charge >= 0.3 is 6.36 Å². The van der Waals surface area contributed by atoms with Crippen LogP contribution in [0.4, 0.5) is 13.2 Å². The van der Waals surface area contributed by atoms with Crippen molar-refractivity contribution in [2.45, 2.75) is 32.7 Å². The second kappa shape index (κ2) is 8.03. The highest BCUT2D eigenvalue weighted by molar-refractivity contribution is 5.80. The highest BCUT2D eigenvalue weighted by Crippen LogP contribution is 2.30. The number of hydrogen-bond acceptors (Lipinski definition) is 3. The third-order valence-corrected chi connectivity index (χ3v) is 3.57. The standard InChI is InChI=1S/C19H19F3N2O2/c1-12(25)9-18(24-13(2)23)16-7-3-5-14(10-16)15-6-4-8-17(11-15)26-19(20,21)22/h3-8,10-11,18H,9H2,1-2H3,(H2,23,24). The maximum absolute atomic E-state index is 12.4. The molecule has 0 fully saturated rings. The van der Waals surface area contributed by atoms with E-state index in [2.05, 4.69) is 10.1 Å². The van der Waals surface area contributed by atoms with Gasteiger partial charge in [0.05, 0.1) is 11.9 Å². The zero-order chi connectivity index (χ0) is 19.3. The van der Waals surface area contributed by atoms with Gasteiger partial charge in [0.25, 0.3) is 0 Å². The molecule has 7 heteroatoms. The molecule has 0 spiro atoms. The summed E-state index contributed by atoms with van der Waals surface area (Å²) >= 11 is 0. The number of nitrogens with one attached hydrogen (secondary N) is 2. The summed E-state index contributed by atoms with van der Waals surface area (Å²) in [4.78, 5) is 11.5. The third kappa shape index (κ3) is 5.91. The predicted molar refractivity (Wildman–Crippen MR) is 93.1 cm³/mol. The van der Waals surface area contributed by atoms with Crippen molar-refractivity contribution in [3.8, 4) is 16.9 Å². The van der Waals surface area contributed by atoms with Gasteiger partial charge in [0.2, 0.25) is 0 Å². The third-order valence-electron chi connectivity index (χ3n) is 3.57. The van der Waals surface area contributed by atoms with Crippen LogP contribution in [-0.2, 0) is 4.79 Å². The van der Waals surface area contributed by atoms with Crippen LogP contribution in [0.2, 0.25) is 0 Å². The van der Waals surface area contributed by atoms with Gasteiger partial charge in [0.1, 0.15) is 11.5 Å². The fraction of sp³-hybridized carbons (Fsp3) is 0.263. The van der Waals surface area contributed by atoms with Crippen molar-refractivity contribution in [3.05, 3.63) is 54.1 Å². The second-order valence-corrected chi connectivity index (χ2v) is 5.93. The summed E-state index contributed by atoms with van der Waals surface area (Å²) in [5.41, 5.74) is 2.02. The number of hydrogen-bond donors (Lipinski definition) is 2. The number of benzene rings is 2. The van der Waals surface area contributed by atoms with E-state index in [-0.39, 0.29) is 29.8 Å². The molecular formula is C19H19F3N2O2. The Morgan fingerprint density at radius 1 is 1.12 bits per heavy atom. The second-order valence-electron chi connectivity index (χ2n) is 5.93. The number of halogens is 3. The Kier molecular flexibility index (Phi) is 6.02. The van der Waals surface area contributed by atoms with Crippen molar-refractivity contribution < 1.29 is 22.7 Å². The summed E-state index contributed by atoms with van der Waals surface area (Å²) in [6, 6.07) is 12.4. The summed E-state index contributed by atoms with van der Waals surface area (Å²) in [6.45, 7) is 3.05. The van der Waals surface area contributed by atoms with Crippen molar-refractivity contribution in [1.82, 2.24) is 5.32 Å². The van der Waals surface area contributed by atoms with E-state index < -0.39 is 6.36 Å². The van der Waals surface area contributed by atoms with Gasteiger partial charge in [-0.15, -0.1) is 13.2 Å². The van der Waals surface area contributed by atoms with E-state index in [4.69, 9.17) is 5.41 Å². The van der Waals surface area contributed by atoms with Crippen LogP contribution in [0.3, 0.4) is 0 Å². The number of alkyl halides is 3. The van der Waals surface area contributed by atoms with Crippen molar-refractivity contribution in [2.24, 2.45) is 0 Å². The van der Waals surface area contributed by atoms with Gasteiger partial charge in [0, 0.05) is 6.42 Å². The Morgan fingerprint density at radius 3 is 2.31 bits per heavy atom. The minimum atomic E-state index is -4.75. The maximum atomic E-state index is 12.4. The molecule has 26 heavy (non-hydrogen) atoms. The van der Waals surface area contributed by atoms with Crippen molar-refractivity contribution in [1.29, 1.82) is 5.41 Å². The van der Waals surface area contributed by atoms with E-state index in [0.29, 0.717) is 11.1 Å². The molecule has 0 saturated carbocycles. The molecule has 2 aromatic rings. The number of ketones is 1. The van der Waals surface area contributed by atoms with Crippen LogP contribution in [0, 0.1) is 5.41 Å². The first-order valence-corrected chi connectivity index (χ1v) is 7.91. The fourth-order valence-electron chi connectivity index (χ4n) is 2.61. The van der Waals surface area contributed by atoms with Gasteiger partial charge in [0.15, 0.2) is 0 Å². The molecular weight excluding hydrogens is 345 g/mol. The zero-order valence-electron chi connectivity index (χ0n) is 14.4. The summed E-state index contributed by atoms with van der Waals surface area (Å²) in [6.07, 6.45) is -4.55. The summed E-state index contributed by atoms with van der Waals surface area (Å²) in [7, 11) is 0. The molecule has 0 radical (unpaired) electrons. The SMILES string of the molecule is CC(=N)NC(CC(C)=O)c1cccc(-c2cccc(OC(F)(F)F)c2)c1. The molecule has 0 bridgehead atoms. The van der Waals surface area contributed by atoms with Crippen LogP contribution in [0.1, 0.15) is 31.9 Å². The zero-order valence-corrected chi connectivity index (χ0v) is 14.4. The Labute approximate surface area is 149 Å². The van der Waals surface area contributed by atoms with E-state index >= 15 is 0 Å². The molecule has 1 atom stereocenters. The van der Waals surface area contributed by atoms with Crippen molar-refractivity contribution in [3.63, 3.8) is 0 Å². The Bertz CT molecular complexity index is 787. The Morgan fingerprint density at radius 2 is 1.73 bits per heavy atom. The lowest BCUT2D eigenvalue weighted by atomic mass is 9.96. The molecule has 0 saturated heterocycles. The molecule has 138 valence electrons. The largest absolute Gasteiger partial charge is 0.573 e. The van der Waals surface area contributed by atoms with Gasteiger partial charge in [-0.25, -0.2) is 0 Å². The number of amidine groups is 1. The number of rotatable bonds is 6. The Hall–Kier alpha value is -2.83. The first-order valence-electron chi connectivity index (χ1n) is 7.91.